The molecule has 0 spiro atoms. The van der Waals surface area contributed by atoms with Crippen molar-refractivity contribution in [2.45, 2.75) is 0 Å². The number of nitrogen functional groups attached to an aromatic ring is 1. The van der Waals surface area contributed by atoms with Gasteiger partial charge in [0.2, 0.25) is 0 Å². The molecule has 0 radical (unpaired) electrons. The third-order valence-corrected chi connectivity index (χ3v) is 1.65. The van der Waals surface area contributed by atoms with Crippen LogP contribution in [-0.4, -0.2) is 4.92 Å². The first-order valence-electron chi connectivity index (χ1n) is 2.92. The molecule has 0 aromatic heterocycles. The minimum atomic E-state index is -0.953. The second kappa shape index (κ2) is 2.94. The van der Waals surface area contributed by atoms with E-state index in [1.54, 1.807) is 0 Å². The molecule has 1 rings (SSSR count). The van der Waals surface area contributed by atoms with E-state index in [0.717, 1.165) is 12.1 Å². The van der Waals surface area contributed by atoms with E-state index in [2.05, 4.69) is 0 Å². The van der Waals surface area contributed by atoms with Gasteiger partial charge in [0.15, 0.2) is 10.8 Å². The summed E-state index contributed by atoms with van der Waals surface area (Å²) < 4.78 is 12.8. The van der Waals surface area contributed by atoms with Crippen molar-refractivity contribution in [3.63, 3.8) is 0 Å². The molecule has 0 aliphatic heterocycles. The van der Waals surface area contributed by atoms with Crippen LogP contribution in [0, 0.1) is 15.9 Å². The topological polar surface area (TPSA) is 69.2 Å². The van der Waals surface area contributed by atoms with Gasteiger partial charge in [-0.25, -0.2) is 4.39 Å². The van der Waals surface area contributed by atoms with Crippen LogP contribution in [0.1, 0.15) is 0 Å². The first-order valence-corrected chi connectivity index (χ1v) is 3.29. The summed E-state index contributed by atoms with van der Waals surface area (Å²) in [7, 11) is 0. The molecular formula is C6H4ClFN2O2. The Bertz CT molecular complexity index is 343. The highest BCUT2D eigenvalue weighted by Gasteiger charge is 2.17. The van der Waals surface area contributed by atoms with E-state index in [-0.39, 0.29) is 5.69 Å². The number of nitro groups is 1. The standard InChI is InChI=1S/C6H4ClFN2O2/c7-5-4(10(11)12)2-1-3(9)6(5)8/h1-2H,9H2. The first-order chi connectivity index (χ1) is 5.54. The number of hydrogen-bond donors (Lipinski definition) is 1. The first kappa shape index (κ1) is 8.73. The summed E-state index contributed by atoms with van der Waals surface area (Å²) in [6.07, 6.45) is 0. The summed E-state index contributed by atoms with van der Waals surface area (Å²) >= 11 is 5.30. The van der Waals surface area contributed by atoms with Crippen LogP contribution in [-0.2, 0) is 0 Å². The highest BCUT2D eigenvalue weighted by molar-refractivity contribution is 6.33. The van der Waals surface area contributed by atoms with Gasteiger partial charge in [-0.05, 0) is 6.07 Å². The molecule has 0 unspecified atom stereocenters. The van der Waals surface area contributed by atoms with Gasteiger partial charge in [0.25, 0.3) is 5.69 Å². The van der Waals surface area contributed by atoms with Crippen LogP contribution >= 0.6 is 11.6 Å². The van der Waals surface area contributed by atoms with Gasteiger partial charge in [0, 0.05) is 6.07 Å². The number of nitrogens with two attached hydrogens (primary N) is 1. The van der Waals surface area contributed by atoms with Crippen molar-refractivity contribution < 1.29 is 9.31 Å². The van der Waals surface area contributed by atoms with E-state index in [1.165, 1.54) is 0 Å². The minimum absolute atomic E-state index is 0.203. The fourth-order valence-corrected chi connectivity index (χ4v) is 0.936. The lowest BCUT2D eigenvalue weighted by molar-refractivity contribution is -0.384. The Morgan fingerprint density at radius 3 is 2.67 bits per heavy atom. The van der Waals surface area contributed by atoms with Crippen LogP contribution in [0.2, 0.25) is 5.02 Å². The molecule has 12 heavy (non-hydrogen) atoms. The fraction of sp³-hybridized carbons (Fsp3) is 0. The van der Waals surface area contributed by atoms with Gasteiger partial charge in [-0.2, -0.15) is 0 Å². The van der Waals surface area contributed by atoms with Gasteiger partial charge in [0.1, 0.15) is 0 Å². The van der Waals surface area contributed by atoms with Crippen molar-refractivity contribution in [3.05, 3.63) is 33.1 Å². The van der Waals surface area contributed by atoms with E-state index in [4.69, 9.17) is 17.3 Å². The van der Waals surface area contributed by atoms with E-state index in [9.17, 15) is 14.5 Å². The molecule has 0 aliphatic carbocycles. The lowest BCUT2D eigenvalue weighted by Crippen LogP contribution is -1.95. The third kappa shape index (κ3) is 1.31. The van der Waals surface area contributed by atoms with E-state index in [1.807, 2.05) is 0 Å². The molecule has 0 aliphatic rings. The fourth-order valence-electron chi connectivity index (χ4n) is 0.695. The van der Waals surface area contributed by atoms with Crippen molar-refractivity contribution in [2.24, 2.45) is 0 Å². The molecule has 1 aromatic rings. The second-order valence-electron chi connectivity index (χ2n) is 2.06. The highest BCUT2D eigenvalue weighted by atomic mass is 35.5. The monoisotopic (exact) mass is 190 g/mol. The molecule has 0 heterocycles. The molecule has 0 amide bonds. The number of benzene rings is 1. The van der Waals surface area contributed by atoms with Crippen LogP contribution < -0.4 is 5.73 Å². The lowest BCUT2D eigenvalue weighted by Gasteiger charge is -1.98. The Balaban J connectivity index is 3.36. The van der Waals surface area contributed by atoms with Crippen LogP contribution in [0.25, 0.3) is 0 Å². The SMILES string of the molecule is Nc1ccc([N+](=O)[O-])c(Cl)c1F. The molecule has 4 nitrogen and oxygen atoms in total. The number of hydrogen-bond acceptors (Lipinski definition) is 3. The summed E-state index contributed by atoms with van der Waals surface area (Å²) in [6.45, 7) is 0. The van der Waals surface area contributed by atoms with Crippen LogP contribution in [0.4, 0.5) is 15.8 Å². The Morgan fingerprint density at radius 2 is 2.17 bits per heavy atom. The summed E-state index contributed by atoms with van der Waals surface area (Å²) in [4.78, 5) is 9.43. The number of nitro benzene ring substituents is 1. The Kier molecular flexibility index (Phi) is 2.14. The predicted molar refractivity (Wildman–Crippen MR) is 42.5 cm³/mol. The molecule has 0 saturated heterocycles. The van der Waals surface area contributed by atoms with Crippen LogP contribution in [0.5, 0.6) is 0 Å². The molecule has 64 valence electrons. The van der Waals surface area contributed by atoms with E-state index < -0.39 is 21.5 Å². The molecular weight excluding hydrogens is 187 g/mol. The average Bonchev–Trinajstić information content (AvgIpc) is 2.00. The summed E-state index contributed by atoms with van der Waals surface area (Å²) in [5, 5.41) is 9.64. The summed E-state index contributed by atoms with van der Waals surface area (Å²) in [5.41, 5.74) is 4.42. The molecule has 0 atom stereocenters. The zero-order valence-electron chi connectivity index (χ0n) is 5.75. The Labute approximate surface area is 71.9 Å². The number of halogens is 2. The highest BCUT2D eigenvalue weighted by Crippen LogP contribution is 2.29. The van der Waals surface area contributed by atoms with Gasteiger partial charge in [-0.1, -0.05) is 11.6 Å². The smallest absolute Gasteiger partial charge is 0.291 e. The van der Waals surface area contributed by atoms with Gasteiger partial charge in [0.05, 0.1) is 10.6 Å². The lowest BCUT2D eigenvalue weighted by atomic mass is 10.3. The van der Waals surface area contributed by atoms with Gasteiger partial charge < -0.3 is 5.73 Å². The summed E-state index contributed by atoms with van der Waals surface area (Å²) in [6, 6.07) is 2.15. The van der Waals surface area contributed by atoms with Crippen LogP contribution in [0.15, 0.2) is 12.1 Å². The normalized spacial score (nSPS) is 9.83. The van der Waals surface area contributed by atoms with E-state index >= 15 is 0 Å². The molecule has 0 fully saturated rings. The second-order valence-corrected chi connectivity index (χ2v) is 2.44. The van der Waals surface area contributed by atoms with Crippen LogP contribution in [0.3, 0.4) is 0 Å². The summed E-state index contributed by atoms with van der Waals surface area (Å²) in [5.74, 6) is -0.953. The van der Waals surface area contributed by atoms with Crippen molar-refractivity contribution in [3.8, 4) is 0 Å². The van der Waals surface area contributed by atoms with Crippen molar-refractivity contribution >= 4 is 23.0 Å². The van der Waals surface area contributed by atoms with Gasteiger partial charge in [-0.15, -0.1) is 0 Å². The van der Waals surface area contributed by atoms with Crippen molar-refractivity contribution in [2.75, 3.05) is 5.73 Å². The maximum atomic E-state index is 12.8. The molecule has 2 N–H and O–H groups in total. The largest absolute Gasteiger partial charge is 0.396 e. The zero-order valence-corrected chi connectivity index (χ0v) is 6.51. The van der Waals surface area contributed by atoms with Crippen molar-refractivity contribution in [1.82, 2.24) is 0 Å². The molecule has 6 heteroatoms. The van der Waals surface area contributed by atoms with Gasteiger partial charge in [-0.3, -0.25) is 10.1 Å². The number of nitrogens with zero attached hydrogens (tertiary/aromatic N) is 1. The Morgan fingerprint density at radius 1 is 1.58 bits per heavy atom. The Hall–Kier alpha value is -1.36. The molecule has 0 saturated carbocycles. The molecule has 0 bridgehead atoms. The predicted octanol–water partition coefficient (Wildman–Crippen LogP) is 1.97. The maximum Gasteiger partial charge on any atom is 0.291 e. The van der Waals surface area contributed by atoms with Gasteiger partial charge >= 0.3 is 0 Å². The average molecular weight is 191 g/mol. The minimum Gasteiger partial charge on any atom is -0.396 e. The van der Waals surface area contributed by atoms with E-state index in [0.29, 0.717) is 0 Å². The zero-order chi connectivity index (χ0) is 9.30. The quantitative estimate of drug-likeness (QED) is 0.418. The van der Waals surface area contributed by atoms with Crippen molar-refractivity contribution in [1.29, 1.82) is 0 Å². The number of rotatable bonds is 1. The third-order valence-electron chi connectivity index (χ3n) is 1.29. The number of anilines is 1. The maximum absolute atomic E-state index is 12.8. The molecule has 1 aromatic carbocycles.